The smallest absolute Gasteiger partial charge is 0.257 e. The Bertz CT molecular complexity index is 555. The molecule has 0 aliphatic heterocycles. The van der Waals surface area contributed by atoms with Crippen molar-refractivity contribution in [3.8, 4) is 0 Å². The van der Waals surface area contributed by atoms with Crippen LogP contribution >= 0.6 is 0 Å². The third kappa shape index (κ3) is 2.16. The molecule has 1 amide bonds. The van der Waals surface area contributed by atoms with Gasteiger partial charge in [0.05, 0.1) is 24.1 Å². The molecule has 0 saturated carbocycles. The highest BCUT2D eigenvalue weighted by Crippen LogP contribution is 2.15. The molecule has 5 nitrogen and oxygen atoms in total. The van der Waals surface area contributed by atoms with Gasteiger partial charge in [0.25, 0.3) is 5.91 Å². The summed E-state index contributed by atoms with van der Waals surface area (Å²) in [5, 5.41) is 4.26. The molecule has 0 aliphatic carbocycles. The van der Waals surface area contributed by atoms with Gasteiger partial charge < -0.3 is 9.32 Å². The highest BCUT2D eigenvalue weighted by molar-refractivity contribution is 5.96. The second kappa shape index (κ2) is 4.68. The monoisotopic (exact) mass is 247 g/mol. The van der Waals surface area contributed by atoms with Crippen molar-refractivity contribution in [2.24, 2.45) is 7.05 Å². The fourth-order valence-electron chi connectivity index (χ4n) is 1.98. The van der Waals surface area contributed by atoms with Crippen LogP contribution in [0.4, 0.5) is 0 Å². The summed E-state index contributed by atoms with van der Waals surface area (Å²) in [7, 11) is 3.60. The Morgan fingerprint density at radius 2 is 2.22 bits per heavy atom. The molecule has 0 unspecified atom stereocenters. The van der Waals surface area contributed by atoms with E-state index in [0.29, 0.717) is 12.1 Å². The summed E-state index contributed by atoms with van der Waals surface area (Å²) in [6.45, 7) is 4.20. The van der Waals surface area contributed by atoms with Crippen molar-refractivity contribution >= 4 is 5.91 Å². The fourth-order valence-corrected chi connectivity index (χ4v) is 1.98. The maximum absolute atomic E-state index is 12.4. The number of carbonyl (C=O) groups excluding carboxylic acids is 1. The van der Waals surface area contributed by atoms with Crippen LogP contribution in [0.15, 0.2) is 22.8 Å². The Kier molecular flexibility index (Phi) is 3.23. The molecule has 0 fully saturated rings. The standard InChI is InChI=1S/C13H17N3O2/c1-9-12(10(2)16(4)14-9)13(17)15(3)8-11-6-5-7-18-11/h5-7H,8H2,1-4H3. The van der Waals surface area contributed by atoms with Gasteiger partial charge in [-0.1, -0.05) is 0 Å². The van der Waals surface area contributed by atoms with Crippen molar-refractivity contribution in [2.75, 3.05) is 7.05 Å². The largest absolute Gasteiger partial charge is 0.467 e. The first-order valence-corrected chi connectivity index (χ1v) is 5.78. The number of hydrogen-bond acceptors (Lipinski definition) is 3. The van der Waals surface area contributed by atoms with Crippen molar-refractivity contribution in [2.45, 2.75) is 20.4 Å². The summed E-state index contributed by atoms with van der Waals surface area (Å²) in [5.41, 5.74) is 2.31. The predicted molar refractivity (Wildman–Crippen MR) is 67.2 cm³/mol. The van der Waals surface area contributed by atoms with Gasteiger partial charge in [-0.3, -0.25) is 9.48 Å². The molecule has 0 bridgehead atoms. The number of aryl methyl sites for hydroxylation is 2. The predicted octanol–water partition coefficient (Wildman–Crippen LogP) is 1.90. The van der Waals surface area contributed by atoms with Gasteiger partial charge in [0.15, 0.2) is 0 Å². The lowest BCUT2D eigenvalue weighted by Gasteiger charge is -2.15. The van der Waals surface area contributed by atoms with Gasteiger partial charge in [-0.15, -0.1) is 0 Å². The van der Waals surface area contributed by atoms with Gasteiger partial charge >= 0.3 is 0 Å². The summed E-state index contributed by atoms with van der Waals surface area (Å²) in [5.74, 6) is 0.736. The van der Waals surface area contributed by atoms with Gasteiger partial charge in [0, 0.05) is 19.8 Å². The summed E-state index contributed by atoms with van der Waals surface area (Å²) in [6, 6.07) is 3.67. The molecule has 0 aromatic carbocycles. The van der Waals surface area contributed by atoms with Crippen LogP contribution in [0.5, 0.6) is 0 Å². The second-order valence-corrected chi connectivity index (χ2v) is 4.41. The molecular formula is C13H17N3O2. The first kappa shape index (κ1) is 12.4. The van der Waals surface area contributed by atoms with E-state index in [2.05, 4.69) is 5.10 Å². The molecular weight excluding hydrogens is 230 g/mol. The van der Waals surface area contributed by atoms with Gasteiger partial charge in [-0.05, 0) is 26.0 Å². The number of hydrogen-bond donors (Lipinski definition) is 0. The van der Waals surface area contributed by atoms with Crippen molar-refractivity contribution in [3.63, 3.8) is 0 Å². The van der Waals surface area contributed by atoms with Crippen LogP contribution in [-0.2, 0) is 13.6 Å². The molecule has 18 heavy (non-hydrogen) atoms. The zero-order valence-corrected chi connectivity index (χ0v) is 11.1. The van der Waals surface area contributed by atoms with E-state index in [1.165, 1.54) is 0 Å². The maximum Gasteiger partial charge on any atom is 0.257 e. The number of carbonyl (C=O) groups is 1. The minimum Gasteiger partial charge on any atom is -0.467 e. The van der Waals surface area contributed by atoms with E-state index in [1.54, 1.807) is 22.9 Å². The van der Waals surface area contributed by atoms with E-state index < -0.39 is 0 Å². The van der Waals surface area contributed by atoms with E-state index >= 15 is 0 Å². The lowest BCUT2D eigenvalue weighted by molar-refractivity contribution is 0.0774. The van der Waals surface area contributed by atoms with Gasteiger partial charge in [-0.2, -0.15) is 5.10 Å². The zero-order valence-electron chi connectivity index (χ0n) is 11.1. The number of nitrogens with zero attached hydrogens (tertiary/aromatic N) is 3. The normalized spacial score (nSPS) is 10.7. The average Bonchev–Trinajstić information content (AvgIpc) is 2.88. The molecule has 96 valence electrons. The molecule has 2 aromatic heterocycles. The Morgan fingerprint density at radius 1 is 1.50 bits per heavy atom. The van der Waals surface area contributed by atoms with Crippen LogP contribution in [0.25, 0.3) is 0 Å². The topological polar surface area (TPSA) is 51.3 Å². The summed E-state index contributed by atoms with van der Waals surface area (Å²) < 4.78 is 6.97. The Morgan fingerprint density at radius 3 is 2.72 bits per heavy atom. The van der Waals surface area contributed by atoms with Crippen molar-refractivity contribution in [1.29, 1.82) is 0 Å². The van der Waals surface area contributed by atoms with E-state index in [0.717, 1.165) is 17.1 Å². The molecule has 5 heteroatoms. The number of amides is 1. The van der Waals surface area contributed by atoms with E-state index in [4.69, 9.17) is 4.42 Å². The molecule has 0 atom stereocenters. The van der Waals surface area contributed by atoms with Crippen LogP contribution in [-0.4, -0.2) is 27.6 Å². The maximum atomic E-state index is 12.4. The van der Waals surface area contributed by atoms with Gasteiger partial charge in [0.2, 0.25) is 0 Å². The lowest BCUT2D eigenvalue weighted by atomic mass is 10.1. The molecule has 2 heterocycles. The lowest BCUT2D eigenvalue weighted by Crippen LogP contribution is -2.27. The Hall–Kier alpha value is -2.04. The summed E-state index contributed by atoms with van der Waals surface area (Å²) in [6.07, 6.45) is 1.61. The molecule has 0 radical (unpaired) electrons. The van der Waals surface area contributed by atoms with E-state index in [9.17, 15) is 4.79 Å². The summed E-state index contributed by atoms with van der Waals surface area (Å²) in [4.78, 5) is 14.0. The molecule has 2 rings (SSSR count). The number of furan rings is 1. The molecule has 0 N–H and O–H groups in total. The van der Waals surface area contributed by atoms with Crippen molar-refractivity contribution in [3.05, 3.63) is 41.1 Å². The molecule has 0 aliphatic rings. The average molecular weight is 247 g/mol. The van der Waals surface area contributed by atoms with E-state index in [-0.39, 0.29) is 5.91 Å². The second-order valence-electron chi connectivity index (χ2n) is 4.41. The first-order chi connectivity index (χ1) is 8.50. The van der Waals surface area contributed by atoms with Crippen LogP contribution in [0, 0.1) is 13.8 Å². The molecule has 2 aromatic rings. The highest BCUT2D eigenvalue weighted by Gasteiger charge is 2.21. The van der Waals surface area contributed by atoms with Crippen LogP contribution in [0.3, 0.4) is 0 Å². The number of rotatable bonds is 3. The third-order valence-corrected chi connectivity index (χ3v) is 3.04. The van der Waals surface area contributed by atoms with Gasteiger partial charge in [0.1, 0.15) is 5.76 Å². The third-order valence-electron chi connectivity index (χ3n) is 3.04. The first-order valence-electron chi connectivity index (χ1n) is 5.78. The highest BCUT2D eigenvalue weighted by atomic mass is 16.3. The van der Waals surface area contributed by atoms with Crippen LogP contribution < -0.4 is 0 Å². The molecule has 0 saturated heterocycles. The Balaban J connectivity index is 2.20. The minimum atomic E-state index is -0.0329. The zero-order chi connectivity index (χ0) is 13.3. The molecule has 0 spiro atoms. The van der Waals surface area contributed by atoms with Crippen molar-refractivity contribution in [1.82, 2.24) is 14.7 Å². The van der Waals surface area contributed by atoms with Crippen LogP contribution in [0.2, 0.25) is 0 Å². The van der Waals surface area contributed by atoms with Crippen LogP contribution in [0.1, 0.15) is 27.5 Å². The van der Waals surface area contributed by atoms with E-state index in [1.807, 2.05) is 33.0 Å². The number of aromatic nitrogens is 2. The Labute approximate surface area is 106 Å². The summed E-state index contributed by atoms with van der Waals surface area (Å²) >= 11 is 0. The van der Waals surface area contributed by atoms with Gasteiger partial charge in [-0.25, -0.2) is 0 Å². The SMILES string of the molecule is Cc1nn(C)c(C)c1C(=O)N(C)Cc1ccco1. The quantitative estimate of drug-likeness (QED) is 0.832. The minimum absolute atomic E-state index is 0.0329. The fraction of sp³-hybridized carbons (Fsp3) is 0.385. The van der Waals surface area contributed by atoms with Crippen molar-refractivity contribution < 1.29 is 9.21 Å².